The molecule has 24 heavy (non-hydrogen) atoms. The molecule has 0 aliphatic carbocycles. The zero-order chi connectivity index (χ0) is 16.1. The Morgan fingerprint density at radius 1 is 1.42 bits per heavy atom. The highest BCUT2D eigenvalue weighted by molar-refractivity contribution is 7.13. The van der Waals surface area contributed by atoms with Crippen molar-refractivity contribution in [1.82, 2.24) is 9.88 Å². The summed E-state index contributed by atoms with van der Waals surface area (Å²) in [7, 11) is 1.82. The second-order valence-corrected chi connectivity index (χ2v) is 6.70. The van der Waals surface area contributed by atoms with E-state index in [9.17, 15) is 4.79 Å². The van der Waals surface area contributed by atoms with E-state index < -0.39 is 0 Å². The van der Waals surface area contributed by atoms with Crippen molar-refractivity contribution in [3.8, 4) is 10.6 Å². The van der Waals surface area contributed by atoms with E-state index in [4.69, 9.17) is 10.2 Å². The number of amides is 1. The largest absolute Gasteiger partial charge is 0.472 e. The molecule has 0 bridgehead atoms. The number of hydrogen-bond acceptors (Lipinski definition) is 5. The number of carbonyl (C=O) groups excluding carboxylic acids is 1. The van der Waals surface area contributed by atoms with E-state index in [1.807, 2.05) is 18.5 Å². The smallest absolute Gasteiger partial charge is 0.228 e. The number of hydrogen-bond donors (Lipinski definition) is 1. The van der Waals surface area contributed by atoms with Crippen LogP contribution in [0, 0.1) is 5.92 Å². The van der Waals surface area contributed by atoms with Crippen molar-refractivity contribution < 1.29 is 9.21 Å². The maximum atomic E-state index is 12.2. The highest BCUT2D eigenvalue weighted by atomic mass is 35.5. The SMILES string of the molecule is CC(C)C(N)CCN(C)C(=O)Cc1csc(-c2ccoc2)n1.Cl.Cl. The molecule has 2 heterocycles. The summed E-state index contributed by atoms with van der Waals surface area (Å²) in [6, 6.07) is 1.99. The number of rotatable bonds is 7. The summed E-state index contributed by atoms with van der Waals surface area (Å²) in [6.45, 7) is 4.87. The quantitative estimate of drug-likeness (QED) is 0.779. The number of carbonyl (C=O) groups is 1. The van der Waals surface area contributed by atoms with Crippen LogP contribution < -0.4 is 5.73 Å². The molecule has 0 spiro atoms. The Bertz CT molecular complexity index is 602. The van der Waals surface area contributed by atoms with Crippen LogP contribution in [0.1, 0.15) is 26.0 Å². The zero-order valence-electron chi connectivity index (χ0n) is 14.1. The standard InChI is InChI=1S/C16H23N3O2S.2ClH/c1-11(2)14(17)4-6-19(3)15(20)8-13-10-22-16(18-13)12-5-7-21-9-12;;/h5,7,9-11,14H,4,6,8,17H2,1-3H3;2*1H. The first kappa shape index (κ1) is 22.9. The summed E-state index contributed by atoms with van der Waals surface area (Å²) in [4.78, 5) is 18.4. The molecule has 5 nitrogen and oxygen atoms in total. The van der Waals surface area contributed by atoms with Crippen molar-refractivity contribution in [3.05, 3.63) is 29.7 Å². The molecular formula is C16H25Cl2N3O2S. The van der Waals surface area contributed by atoms with Gasteiger partial charge in [-0.3, -0.25) is 4.79 Å². The lowest BCUT2D eigenvalue weighted by Crippen LogP contribution is -2.35. The van der Waals surface area contributed by atoms with E-state index in [0.717, 1.165) is 22.7 Å². The minimum Gasteiger partial charge on any atom is -0.472 e. The van der Waals surface area contributed by atoms with Gasteiger partial charge in [-0.15, -0.1) is 36.2 Å². The van der Waals surface area contributed by atoms with Crippen LogP contribution >= 0.6 is 36.2 Å². The second kappa shape index (κ2) is 10.7. The monoisotopic (exact) mass is 393 g/mol. The molecule has 1 unspecified atom stereocenters. The van der Waals surface area contributed by atoms with E-state index in [0.29, 0.717) is 18.9 Å². The van der Waals surface area contributed by atoms with E-state index in [1.54, 1.807) is 17.4 Å². The Kier molecular flexibility index (Phi) is 10.2. The predicted octanol–water partition coefficient (Wildman–Crippen LogP) is 3.62. The van der Waals surface area contributed by atoms with E-state index >= 15 is 0 Å². The van der Waals surface area contributed by atoms with Gasteiger partial charge in [-0.1, -0.05) is 13.8 Å². The summed E-state index contributed by atoms with van der Waals surface area (Å²) >= 11 is 1.52. The molecule has 8 heteroatoms. The minimum absolute atomic E-state index is 0. The van der Waals surface area contributed by atoms with Crippen LogP contribution in [0.25, 0.3) is 10.6 Å². The first-order chi connectivity index (χ1) is 10.5. The average molecular weight is 394 g/mol. The topological polar surface area (TPSA) is 72.4 Å². The lowest BCUT2D eigenvalue weighted by molar-refractivity contribution is -0.129. The molecule has 2 N–H and O–H groups in total. The Morgan fingerprint density at radius 2 is 2.12 bits per heavy atom. The summed E-state index contributed by atoms with van der Waals surface area (Å²) < 4.78 is 5.05. The van der Waals surface area contributed by atoms with Gasteiger partial charge < -0.3 is 15.1 Å². The number of nitrogens with zero attached hydrogens (tertiary/aromatic N) is 2. The number of thiazole rings is 1. The van der Waals surface area contributed by atoms with Crippen LogP contribution in [-0.4, -0.2) is 35.4 Å². The van der Waals surface area contributed by atoms with E-state index in [-0.39, 0.29) is 36.8 Å². The molecule has 2 rings (SSSR count). The van der Waals surface area contributed by atoms with Crippen molar-refractivity contribution in [3.63, 3.8) is 0 Å². The van der Waals surface area contributed by atoms with Gasteiger partial charge in [0.2, 0.25) is 5.91 Å². The third kappa shape index (κ3) is 6.43. The molecule has 0 aliphatic rings. The van der Waals surface area contributed by atoms with E-state index in [2.05, 4.69) is 18.8 Å². The first-order valence-corrected chi connectivity index (χ1v) is 8.32. The highest BCUT2D eigenvalue weighted by Crippen LogP contribution is 2.24. The first-order valence-electron chi connectivity index (χ1n) is 7.44. The van der Waals surface area contributed by atoms with Crippen LogP contribution in [-0.2, 0) is 11.2 Å². The molecule has 0 fully saturated rings. The minimum atomic E-state index is 0. The highest BCUT2D eigenvalue weighted by Gasteiger charge is 2.15. The summed E-state index contributed by atoms with van der Waals surface area (Å²) in [6.07, 6.45) is 4.41. The van der Waals surface area contributed by atoms with Gasteiger partial charge in [-0.05, 0) is 18.4 Å². The van der Waals surface area contributed by atoms with Crippen LogP contribution in [0.4, 0.5) is 0 Å². The molecule has 1 amide bonds. The van der Waals surface area contributed by atoms with Gasteiger partial charge in [-0.2, -0.15) is 0 Å². The maximum absolute atomic E-state index is 12.2. The Hall–Kier alpha value is -1.08. The third-order valence-electron chi connectivity index (χ3n) is 3.73. The van der Waals surface area contributed by atoms with Crippen molar-refractivity contribution in [1.29, 1.82) is 0 Å². The predicted molar refractivity (Wildman–Crippen MR) is 103 cm³/mol. The molecular weight excluding hydrogens is 369 g/mol. The van der Waals surface area contributed by atoms with Crippen LogP contribution in [0.15, 0.2) is 28.4 Å². The summed E-state index contributed by atoms with van der Waals surface area (Å²) in [5, 5.41) is 2.80. The number of furan rings is 1. The fraction of sp³-hybridized carbons (Fsp3) is 0.500. The van der Waals surface area contributed by atoms with Gasteiger partial charge in [0.25, 0.3) is 0 Å². The Balaban J connectivity index is 0.00000264. The second-order valence-electron chi connectivity index (χ2n) is 5.84. The molecule has 0 radical (unpaired) electrons. The molecule has 2 aromatic heterocycles. The summed E-state index contributed by atoms with van der Waals surface area (Å²) in [5.74, 6) is 0.500. The lowest BCUT2D eigenvalue weighted by atomic mass is 10.0. The van der Waals surface area contributed by atoms with Crippen molar-refractivity contribution in [2.75, 3.05) is 13.6 Å². The molecule has 0 saturated carbocycles. The zero-order valence-corrected chi connectivity index (χ0v) is 16.5. The van der Waals surface area contributed by atoms with E-state index in [1.165, 1.54) is 11.3 Å². The lowest BCUT2D eigenvalue weighted by Gasteiger charge is -2.21. The van der Waals surface area contributed by atoms with Crippen LogP contribution in [0.2, 0.25) is 0 Å². The molecule has 0 aliphatic heterocycles. The maximum Gasteiger partial charge on any atom is 0.228 e. The fourth-order valence-electron chi connectivity index (χ4n) is 2.00. The van der Waals surface area contributed by atoms with Crippen molar-refractivity contribution >= 4 is 42.1 Å². The normalized spacial score (nSPS) is 11.5. The van der Waals surface area contributed by atoms with Crippen LogP contribution in [0.3, 0.4) is 0 Å². The average Bonchev–Trinajstić information content (AvgIpc) is 3.14. The molecule has 136 valence electrons. The third-order valence-corrected chi connectivity index (χ3v) is 4.67. The number of halogens is 2. The molecule has 0 saturated heterocycles. The molecule has 1 atom stereocenters. The fourth-order valence-corrected chi connectivity index (χ4v) is 2.80. The van der Waals surface area contributed by atoms with Gasteiger partial charge in [0, 0.05) is 30.6 Å². The Labute approximate surface area is 159 Å². The number of likely N-dealkylation sites (N-methyl/N-ethyl adjacent to an activating group) is 1. The Morgan fingerprint density at radius 3 is 2.71 bits per heavy atom. The number of aromatic nitrogens is 1. The van der Waals surface area contributed by atoms with Gasteiger partial charge in [0.15, 0.2) is 0 Å². The van der Waals surface area contributed by atoms with Gasteiger partial charge >= 0.3 is 0 Å². The van der Waals surface area contributed by atoms with Crippen LogP contribution in [0.5, 0.6) is 0 Å². The van der Waals surface area contributed by atoms with Gasteiger partial charge in [0.05, 0.1) is 18.4 Å². The molecule has 0 aromatic carbocycles. The van der Waals surface area contributed by atoms with Crippen molar-refractivity contribution in [2.45, 2.75) is 32.7 Å². The number of nitrogens with two attached hydrogens (primary N) is 1. The molecule has 2 aromatic rings. The summed E-state index contributed by atoms with van der Waals surface area (Å²) in [5.41, 5.74) is 7.76. The van der Waals surface area contributed by atoms with Crippen molar-refractivity contribution in [2.24, 2.45) is 11.7 Å². The van der Waals surface area contributed by atoms with Gasteiger partial charge in [-0.25, -0.2) is 4.98 Å². The van der Waals surface area contributed by atoms with Gasteiger partial charge in [0.1, 0.15) is 11.3 Å².